The van der Waals surface area contributed by atoms with E-state index in [2.05, 4.69) is 5.32 Å². The van der Waals surface area contributed by atoms with Crippen molar-refractivity contribution in [1.82, 2.24) is 0 Å². The highest BCUT2D eigenvalue weighted by Crippen LogP contribution is 2.33. The largest absolute Gasteiger partial charge is 0.481 e. The highest BCUT2D eigenvalue weighted by atomic mass is 16.5. The molecule has 1 amide bonds. The number of benzene rings is 1. The maximum atomic E-state index is 12.3. The number of para-hydroxylation sites is 1. The van der Waals surface area contributed by atoms with Crippen LogP contribution in [-0.4, -0.2) is 23.6 Å². The van der Waals surface area contributed by atoms with Gasteiger partial charge in [0.15, 0.2) is 0 Å². The van der Waals surface area contributed by atoms with Gasteiger partial charge in [0.1, 0.15) is 0 Å². The predicted octanol–water partition coefficient (Wildman–Crippen LogP) is 2.66. The molecule has 2 N–H and O–H groups in total. The summed E-state index contributed by atoms with van der Waals surface area (Å²) in [5.74, 6) is -2.09. The molecule has 0 bridgehead atoms. The second-order valence-corrected chi connectivity index (χ2v) is 5.27. The van der Waals surface area contributed by atoms with E-state index in [1.54, 1.807) is 0 Å². The number of nitrogens with one attached hydrogen (secondary N) is 1. The minimum Gasteiger partial charge on any atom is -0.481 e. The summed E-state index contributed by atoms with van der Waals surface area (Å²) in [5.41, 5.74) is 1.60. The van der Waals surface area contributed by atoms with Crippen LogP contribution in [0, 0.1) is 11.8 Å². The summed E-state index contributed by atoms with van der Waals surface area (Å²) < 4.78 is 5.38. The topological polar surface area (TPSA) is 75.6 Å². The maximum absolute atomic E-state index is 12.3. The Bertz CT molecular complexity index is 515. The fourth-order valence-corrected chi connectivity index (χ4v) is 2.78. The van der Waals surface area contributed by atoms with Crippen molar-refractivity contribution in [2.24, 2.45) is 11.8 Å². The molecule has 0 aromatic heterocycles. The van der Waals surface area contributed by atoms with Crippen LogP contribution < -0.4 is 5.32 Å². The Morgan fingerprint density at radius 1 is 1.29 bits per heavy atom. The Balaban J connectivity index is 2.07. The SMILES string of the molecule is CCOCc1ccccc1NC(=O)C1CCCC1C(=O)O. The number of anilines is 1. The molecule has 1 aliphatic rings. The van der Waals surface area contributed by atoms with Gasteiger partial charge in [-0.1, -0.05) is 24.6 Å². The second-order valence-electron chi connectivity index (χ2n) is 5.27. The molecule has 1 aromatic carbocycles. The number of hydrogen-bond donors (Lipinski definition) is 2. The van der Waals surface area contributed by atoms with Gasteiger partial charge >= 0.3 is 5.97 Å². The number of carboxylic acid groups (broad SMARTS) is 1. The van der Waals surface area contributed by atoms with Crippen molar-refractivity contribution in [3.05, 3.63) is 29.8 Å². The Hall–Kier alpha value is -1.88. The van der Waals surface area contributed by atoms with Gasteiger partial charge in [-0.05, 0) is 25.8 Å². The molecular weight excluding hydrogens is 270 g/mol. The Morgan fingerprint density at radius 2 is 2.00 bits per heavy atom. The maximum Gasteiger partial charge on any atom is 0.307 e. The zero-order chi connectivity index (χ0) is 15.2. The summed E-state index contributed by atoms with van der Waals surface area (Å²) in [6, 6.07) is 7.44. The van der Waals surface area contributed by atoms with E-state index in [4.69, 9.17) is 9.84 Å². The van der Waals surface area contributed by atoms with E-state index >= 15 is 0 Å². The van der Waals surface area contributed by atoms with Crippen LogP contribution in [0.2, 0.25) is 0 Å². The summed E-state index contributed by atoms with van der Waals surface area (Å²) in [7, 11) is 0. The molecule has 1 fully saturated rings. The fourth-order valence-electron chi connectivity index (χ4n) is 2.78. The molecule has 114 valence electrons. The first-order chi connectivity index (χ1) is 10.1. The quantitative estimate of drug-likeness (QED) is 0.845. The summed E-state index contributed by atoms with van der Waals surface area (Å²) in [4.78, 5) is 23.5. The van der Waals surface area contributed by atoms with Gasteiger partial charge in [0.05, 0.1) is 18.4 Å². The van der Waals surface area contributed by atoms with E-state index in [0.29, 0.717) is 31.7 Å². The Labute approximate surface area is 124 Å². The van der Waals surface area contributed by atoms with Crippen molar-refractivity contribution >= 4 is 17.6 Å². The highest BCUT2D eigenvalue weighted by molar-refractivity contribution is 5.96. The Kier molecular flexibility index (Phi) is 5.33. The second kappa shape index (κ2) is 7.22. The van der Waals surface area contributed by atoms with E-state index in [0.717, 1.165) is 12.0 Å². The van der Waals surface area contributed by atoms with Crippen LogP contribution in [0.15, 0.2) is 24.3 Å². The standard InChI is InChI=1S/C16H21NO4/c1-2-21-10-11-6-3-4-9-14(11)17-15(18)12-7-5-8-13(12)16(19)20/h3-4,6,9,12-13H,2,5,7-8,10H2,1H3,(H,17,18)(H,19,20). The molecule has 2 rings (SSSR count). The molecule has 1 aromatic rings. The van der Waals surface area contributed by atoms with Crippen molar-refractivity contribution in [1.29, 1.82) is 0 Å². The number of amides is 1. The van der Waals surface area contributed by atoms with E-state index in [9.17, 15) is 9.59 Å². The summed E-state index contributed by atoms with van der Waals surface area (Å²) in [6.07, 6.45) is 2.00. The van der Waals surface area contributed by atoms with Crippen molar-refractivity contribution in [3.63, 3.8) is 0 Å². The minimum absolute atomic E-state index is 0.205. The van der Waals surface area contributed by atoms with Gasteiger partial charge in [-0.15, -0.1) is 0 Å². The average Bonchev–Trinajstić information content (AvgIpc) is 2.96. The normalized spacial score (nSPS) is 21.2. The van der Waals surface area contributed by atoms with Crippen molar-refractivity contribution in [2.45, 2.75) is 32.8 Å². The summed E-state index contributed by atoms with van der Waals surface area (Å²) in [5, 5.41) is 12.0. The lowest BCUT2D eigenvalue weighted by atomic mass is 9.95. The molecule has 2 unspecified atom stereocenters. The highest BCUT2D eigenvalue weighted by Gasteiger charge is 2.37. The lowest BCUT2D eigenvalue weighted by Crippen LogP contribution is -2.30. The predicted molar refractivity (Wildman–Crippen MR) is 78.9 cm³/mol. The number of hydrogen-bond acceptors (Lipinski definition) is 3. The third-order valence-corrected chi connectivity index (χ3v) is 3.91. The minimum atomic E-state index is -0.879. The molecule has 0 spiro atoms. The first-order valence-corrected chi connectivity index (χ1v) is 7.32. The number of rotatable bonds is 6. The number of carbonyl (C=O) groups excluding carboxylic acids is 1. The molecule has 0 heterocycles. The van der Waals surface area contributed by atoms with Crippen molar-refractivity contribution in [3.8, 4) is 0 Å². The molecule has 1 saturated carbocycles. The van der Waals surface area contributed by atoms with E-state index < -0.39 is 17.8 Å². The lowest BCUT2D eigenvalue weighted by Gasteiger charge is -2.17. The zero-order valence-electron chi connectivity index (χ0n) is 12.2. The average molecular weight is 291 g/mol. The van der Waals surface area contributed by atoms with Crippen LogP contribution in [0.25, 0.3) is 0 Å². The van der Waals surface area contributed by atoms with Gasteiger partial charge in [0, 0.05) is 17.9 Å². The van der Waals surface area contributed by atoms with Gasteiger partial charge in [-0.25, -0.2) is 0 Å². The molecule has 0 saturated heterocycles. The van der Waals surface area contributed by atoms with Gasteiger partial charge < -0.3 is 15.2 Å². The molecule has 21 heavy (non-hydrogen) atoms. The number of carboxylic acids is 1. The molecule has 5 heteroatoms. The Morgan fingerprint density at radius 3 is 2.71 bits per heavy atom. The van der Waals surface area contributed by atoms with Crippen LogP contribution in [0.1, 0.15) is 31.7 Å². The lowest BCUT2D eigenvalue weighted by molar-refractivity contribution is -0.145. The van der Waals surface area contributed by atoms with Crippen LogP contribution >= 0.6 is 0 Å². The van der Waals surface area contributed by atoms with Crippen molar-refractivity contribution in [2.75, 3.05) is 11.9 Å². The van der Waals surface area contributed by atoms with Crippen LogP contribution in [-0.2, 0) is 20.9 Å². The number of carbonyl (C=O) groups is 2. The fraction of sp³-hybridized carbons (Fsp3) is 0.500. The van der Waals surface area contributed by atoms with Gasteiger partial charge in [0.2, 0.25) is 5.91 Å². The molecule has 0 aliphatic heterocycles. The molecule has 1 aliphatic carbocycles. The van der Waals surface area contributed by atoms with Gasteiger partial charge in [-0.2, -0.15) is 0 Å². The third-order valence-electron chi connectivity index (χ3n) is 3.91. The van der Waals surface area contributed by atoms with E-state index in [1.165, 1.54) is 0 Å². The first-order valence-electron chi connectivity index (χ1n) is 7.32. The first kappa shape index (κ1) is 15.5. The van der Waals surface area contributed by atoms with E-state index in [1.807, 2.05) is 31.2 Å². The van der Waals surface area contributed by atoms with E-state index in [-0.39, 0.29) is 5.91 Å². The van der Waals surface area contributed by atoms with Crippen LogP contribution in [0.4, 0.5) is 5.69 Å². The number of ether oxygens (including phenoxy) is 1. The van der Waals surface area contributed by atoms with Gasteiger partial charge in [-0.3, -0.25) is 9.59 Å². The summed E-state index contributed by atoms with van der Waals surface area (Å²) >= 11 is 0. The smallest absolute Gasteiger partial charge is 0.307 e. The molecule has 5 nitrogen and oxygen atoms in total. The molecular formula is C16H21NO4. The van der Waals surface area contributed by atoms with Crippen molar-refractivity contribution < 1.29 is 19.4 Å². The van der Waals surface area contributed by atoms with Crippen LogP contribution in [0.5, 0.6) is 0 Å². The number of aliphatic carboxylic acids is 1. The zero-order valence-corrected chi connectivity index (χ0v) is 12.2. The third kappa shape index (κ3) is 3.82. The van der Waals surface area contributed by atoms with Crippen LogP contribution in [0.3, 0.4) is 0 Å². The monoisotopic (exact) mass is 291 g/mol. The summed E-state index contributed by atoms with van der Waals surface area (Å²) in [6.45, 7) is 2.95. The molecule has 2 atom stereocenters. The molecule has 0 radical (unpaired) electrons. The van der Waals surface area contributed by atoms with Gasteiger partial charge in [0.25, 0.3) is 0 Å².